The van der Waals surface area contributed by atoms with E-state index in [2.05, 4.69) is 60.4 Å². The minimum atomic E-state index is -0.231. The average molecular weight is 530 g/mol. The number of methoxy groups -OCH3 is 1. The summed E-state index contributed by atoms with van der Waals surface area (Å²) in [5.74, 6) is 2.73. The van der Waals surface area contributed by atoms with Crippen LogP contribution in [0.2, 0.25) is 10.0 Å². The molecule has 0 saturated carbocycles. The van der Waals surface area contributed by atoms with Crippen LogP contribution in [0.1, 0.15) is 55.4 Å². The molecule has 2 atom stereocenters. The van der Waals surface area contributed by atoms with E-state index in [0.717, 1.165) is 35.5 Å². The van der Waals surface area contributed by atoms with Gasteiger partial charge in [-0.2, -0.15) is 0 Å². The summed E-state index contributed by atoms with van der Waals surface area (Å²) in [5.41, 5.74) is 2.82. The van der Waals surface area contributed by atoms with Gasteiger partial charge in [0.1, 0.15) is 6.04 Å². The van der Waals surface area contributed by atoms with Crippen LogP contribution in [0.25, 0.3) is 6.08 Å². The number of aromatic nitrogens is 4. The molecule has 2 aliphatic heterocycles. The number of tetrazole rings is 1. The highest BCUT2D eigenvalue weighted by molar-refractivity contribution is 6.35. The van der Waals surface area contributed by atoms with E-state index in [0.29, 0.717) is 27.3 Å². The zero-order valence-electron chi connectivity index (χ0n) is 21.0. The van der Waals surface area contributed by atoms with Gasteiger partial charge in [0.05, 0.1) is 13.2 Å². The SMILES string of the molecule is COc1c2c(cc3c1[C@H](c1nnnn1[C@@H](/C=C/c1ccc(Cl)cc1Cl)C(C)(C)C)N(C)CC3)OCO2. The minimum absolute atomic E-state index is 0.159. The number of benzene rings is 2. The van der Waals surface area contributed by atoms with E-state index in [4.69, 9.17) is 37.4 Å². The van der Waals surface area contributed by atoms with Gasteiger partial charge in [-0.05, 0) is 58.6 Å². The Bertz CT molecular complexity index is 1320. The third-order valence-electron chi connectivity index (χ3n) is 6.73. The Kier molecular flexibility index (Phi) is 6.61. The Hall–Kier alpha value is -2.81. The van der Waals surface area contributed by atoms with E-state index < -0.39 is 0 Å². The Labute approximate surface area is 220 Å². The highest BCUT2D eigenvalue weighted by Gasteiger charge is 2.39. The van der Waals surface area contributed by atoms with E-state index in [1.807, 2.05) is 22.9 Å². The Morgan fingerprint density at radius 3 is 2.72 bits per heavy atom. The fraction of sp³-hybridized carbons (Fsp3) is 0.423. The number of halogens is 2. The number of hydrogen-bond donors (Lipinski definition) is 0. The van der Waals surface area contributed by atoms with Gasteiger partial charge in [-0.15, -0.1) is 5.10 Å². The number of allylic oxidation sites excluding steroid dienone is 1. The molecule has 2 aliphatic rings. The molecule has 36 heavy (non-hydrogen) atoms. The fourth-order valence-electron chi connectivity index (χ4n) is 4.91. The highest BCUT2D eigenvalue weighted by Crippen LogP contribution is 2.51. The lowest BCUT2D eigenvalue weighted by atomic mass is 9.85. The first-order valence-electron chi connectivity index (χ1n) is 11.8. The van der Waals surface area contributed by atoms with Gasteiger partial charge in [-0.1, -0.05) is 62.2 Å². The second kappa shape index (κ2) is 9.57. The first-order valence-corrected chi connectivity index (χ1v) is 12.5. The van der Waals surface area contributed by atoms with Crippen LogP contribution >= 0.6 is 23.2 Å². The predicted molar refractivity (Wildman–Crippen MR) is 139 cm³/mol. The van der Waals surface area contributed by atoms with Crippen LogP contribution in [0.15, 0.2) is 30.3 Å². The molecule has 3 heterocycles. The summed E-state index contributed by atoms with van der Waals surface area (Å²) < 4.78 is 19.2. The molecular weight excluding hydrogens is 501 g/mol. The number of hydrogen-bond acceptors (Lipinski definition) is 7. The highest BCUT2D eigenvalue weighted by atomic mass is 35.5. The number of nitrogens with zero attached hydrogens (tertiary/aromatic N) is 5. The molecule has 190 valence electrons. The van der Waals surface area contributed by atoms with Crippen molar-refractivity contribution in [3.63, 3.8) is 0 Å². The van der Waals surface area contributed by atoms with E-state index >= 15 is 0 Å². The maximum absolute atomic E-state index is 6.43. The maximum Gasteiger partial charge on any atom is 0.231 e. The Morgan fingerprint density at radius 2 is 2.00 bits per heavy atom. The molecule has 0 unspecified atom stereocenters. The van der Waals surface area contributed by atoms with Crippen LogP contribution in [0.5, 0.6) is 17.2 Å². The second-order valence-electron chi connectivity index (χ2n) is 10.2. The average Bonchev–Trinajstić information content (AvgIpc) is 3.48. The summed E-state index contributed by atoms with van der Waals surface area (Å²) in [4.78, 5) is 2.24. The van der Waals surface area contributed by atoms with Gasteiger partial charge in [-0.25, -0.2) is 4.68 Å². The summed E-state index contributed by atoms with van der Waals surface area (Å²) >= 11 is 12.5. The van der Waals surface area contributed by atoms with Gasteiger partial charge in [0.25, 0.3) is 0 Å². The molecule has 0 aliphatic carbocycles. The summed E-state index contributed by atoms with van der Waals surface area (Å²) in [7, 11) is 3.73. The zero-order valence-corrected chi connectivity index (χ0v) is 22.5. The van der Waals surface area contributed by atoms with Crippen LogP contribution < -0.4 is 14.2 Å². The van der Waals surface area contributed by atoms with Crippen molar-refractivity contribution < 1.29 is 14.2 Å². The Morgan fingerprint density at radius 1 is 1.19 bits per heavy atom. The van der Waals surface area contributed by atoms with Crippen molar-refractivity contribution >= 4 is 29.3 Å². The van der Waals surface area contributed by atoms with Gasteiger partial charge in [0, 0.05) is 22.2 Å². The van der Waals surface area contributed by atoms with Crippen molar-refractivity contribution in [1.82, 2.24) is 25.1 Å². The van der Waals surface area contributed by atoms with Crippen LogP contribution in [0.3, 0.4) is 0 Å². The van der Waals surface area contributed by atoms with Gasteiger partial charge in [-0.3, -0.25) is 4.90 Å². The summed E-state index contributed by atoms with van der Waals surface area (Å²) in [6.45, 7) is 7.50. The van der Waals surface area contributed by atoms with Gasteiger partial charge >= 0.3 is 0 Å². The van der Waals surface area contributed by atoms with E-state index in [-0.39, 0.29) is 24.3 Å². The molecular formula is C26H29Cl2N5O3. The van der Waals surface area contributed by atoms with E-state index in [1.165, 1.54) is 0 Å². The topological polar surface area (TPSA) is 74.5 Å². The number of rotatable bonds is 5. The first-order chi connectivity index (χ1) is 17.2. The molecule has 0 amide bonds. The molecule has 0 radical (unpaired) electrons. The molecule has 0 fully saturated rings. The quantitative estimate of drug-likeness (QED) is 0.426. The number of fused-ring (bicyclic) bond motifs is 2. The van der Waals surface area contributed by atoms with Crippen molar-refractivity contribution in [2.24, 2.45) is 5.41 Å². The zero-order chi connectivity index (χ0) is 25.6. The summed E-state index contributed by atoms with van der Waals surface area (Å²) in [6, 6.07) is 7.13. The van der Waals surface area contributed by atoms with Crippen molar-refractivity contribution in [3.8, 4) is 17.2 Å². The van der Waals surface area contributed by atoms with Crippen molar-refractivity contribution in [1.29, 1.82) is 0 Å². The first kappa shape index (κ1) is 24.9. The predicted octanol–water partition coefficient (Wildman–Crippen LogP) is 5.60. The van der Waals surface area contributed by atoms with Crippen LogP contribution in [-0.4, -0.2) is 52.6 Å². The van der Waals surface area contributed by atoms with Crippen LogP contribution in [-0.2, 0) is 6.42 Å². The van der Waals surface area contributed by atoms with E-state index in [1.54, 1.807) is 13.2 Å². The van der Waals surface area contributed by atoms with Crippen molar-refractivity contribution in [2.75, 3.05) is 27.5 Å². The molecule has 10 heteroatoms. The molecule has 1 aromatic heterocycles. The second-order valence-corrected chi connectivity index (χ2v) is 11.0. The van der Waals surface area contributed by atoms with Gasteiger partial charge < -0.3 is 14.2 Å². The third-order valence-corrected chi connectivity index (χ3v) is 7.29. The molecule has 2 aromatic carbocycles. The largest absolute Gasteiger partial charge is 0.492 e. The Balaban J connectivity index is 1.61. The number of likely N-dealkylation sites (N-methyl/N-ethyl adjacent to an activating group) is 1. The molecule has 8 nitrogen and oxygen atoms in total. The monoisotopic (exact) mass is 529 g/mol. The molecule has 3 aromatic rings. The smallest absolute Gasteiger partial charge is 0.231 e. The van der Waals surface area contributed by atoms with E-state index in [9.17, 15) is 0 Å². The van der Waals surface area contributed by atoms with Crippen LogP contribution in [0, 0.1) is 5.41 Å². The van der Waals surface area contributed by atoms with Crippen molar-refractivity contribution in [2.45, 2.75) is 39.3 Å². The lowest BCUT2D eigenvalue weighted by Gasteiger charge is -2.36. The van der Waals surface area contributed by atoms with Gasteiger partial charge in [0.2, 0.25) is 12.5 Å². The summed E-state index contributed by atoms with van der Waals surface area (Å²) in [5, 5.41) is 14.3. The molecule has 5 rings (SSSR count). The number of ether oxygens (including phenoxy) is 3. The summed E-state index contributed by atoms with van der Waals surface area (Å²) in [6.07, 6.45) is 4.95. The lowest BCUT2D eigenvalue weighted by Crippen LogP contribution is -2.36. The fourth-order valence-corrected chi connectivity index (χ4v) is 5.38. The standard InChI is InChI=1S/C26H29Cl2N5O3/c1-26(2,3)20(9-7-15-6-8-17(27)13-18(15)28)33-25(29-30-31-33)22-21-16(10-11-32(22)4)12-19-23(24(21)34-5)36-14-35-19/h6-9,12-13,20,22H,10-11,14H2,1-5H3/b9-7+/t20-,22+/m0/s1. The third kappa shape index (κ3) is 4.42. The molecule has 0 N–H and O–H groups in total. The molecule has 0 saturated heterocycles. The van der Waals surface area contributed by atoms with Crippen LogP contribution in [0.4, 0.5) is 0 Å². The minimum Gasteiger partial charge on any atom is -0.492 e. The molecule has 0 bridgehead atoms. The lowest BCUT2D eigenvalue weighted by molar-refractivity contribution is 0.170. The maximum atomic E-state index is 6.43. The normalized spacial score (nSPS) is 18.5. The van der Waals surface area contributed by atoms with Gasteiger partial charge in [0.15, 0.2) is 17.3 Å². The molecule has 0 spiro atoms. The van der Waals surface area contributed by atoms with Crippen molar-refractivity contribution in [3.05, 3.63) is 62.9 Å².